The molecule has 1 atom stereocenters. The van der Waals surface area contributed by atoms with Gasteiger partial charge >= 0.3 is 0 Å². The molecule has 5 rings (SSSR count). The Bertz CT molecular complexity index is 1490. The summed E-state index contributed by atoms with van der Waals surface area (Å²) in [4.78, 5) is 0.194. The number of aryl methyl sites for hydroxylation is 1. The molecule has 0 amide bonds. The van der Waals surface area contributed by atoms with Crippen LogP contribution in [0.2, 0.25) is 0 Å². The van der Waals surface area contributed by atoms with E-state index in [0.717, 1.165) is 27.4 Å². The number of fused-ring (bicyclic) bond motifs is 3. The molecular formula is C28H26N2O3S. The third-order valence-corrected chi connectivity index (χ3v) is 7.91. The van der Waals surface area contributed by atoms with Crippen molar-refractivity contribution in [2.45, 2.75) is 24.5 Å². The first-order valence-electron chi connectivity index (χ1n) is 11.2. The lowest BCUT2D eigenvalue weighted by atomic mass is 10.2. The van der Waals surface area contributed by atoms with Crippen molar-refractivity contribution in [2.24, 2.45) is 0 Å². The van der Waals surface area contributed by atoms with Crippen LogP contribution >= 0.6 is 0 Å². The minimum atomic E-state index is -3.86. The minimum absolute atomic E-state index is 0.0683. The molecular weight excluding hydrogens is 444 g/mol. The van der Waals surface area contributed by atoms with Gasteiger partial charge in [-0.3, -0.25) is 4.31 Å². The molecule has 4 aromatic carbocycles. The van der Waals surface area contributed by atoms with Crippen molar-refractivity contribution in [1.29, 1.82) is 0 Å². The largest absolute Gasteiger partial charge is 0.389 e. The summed E-state index contributed by atoms with van der Waals surface area (Å²) < 4.78 is 30.5. The third kappa shape index (κ3) is 4.06. The second-order valence-corrected chi connectivity index (χ2v) is 10.3. The Kier molecular flexibility index (Phi) is 5.86. The highest BCUT2D eigenvalue weighted by atomic mass is 32.2. The summed E-state index contributed by atoms with van der Waals surface area (Å²) in [5, 5.41) is 13.4. The van der Waals surface area contributed by atoms with E-state index < -0.39 is 16.1 Å². The topological polar surface area (TPSA) is 62.5 Å². The van der Waals surface area contributed by atoms with Gasteiger partial charge in [0.1, 0.15) is 0 Å². The van der Waals surface area contributed by atoms with Gasteiger partial charge in [-0.15, -0.1) is 0 Å². The highest BCUT2D eigenvalue weighted by molar-refractivity contribution is 7.92. The van der Waals surface area contributed by atoms with Gasteiger partial charge < -0.3 is 9.67 Å². The predicted molar refractivity (Wildman–Crippen MR) is 138 cm³/mol. The fraction of sp³-hybridized carbons (Fsp3) is 0.143. The van der Waals surface area contributed by atoms with E-state index in [2.05, 4.69) is 16.7 Å². The normalized spacial score (nSPS) is 12.8. The second-order valence-electron chi connectivity index (χ2n) is 8.48. The average Bonchev–Trinajstić information content (AvgIpc) is 3.17. The first-order chi connectivity index (χ1) is 16.4. The quantitative estimate of drug-likeness (QED) is 0.348. The molecule has 0 fully saturated rings. The van der Waals surface area contributed by atoms with Crippen LogP contribution in [0.4, 0.5) is 5.69 Å². The number of hydrogen-bond donors (Lipinski definition) is 1. The van der Waals surface area contributed by atoms with Crippen molar-refractivity contribution < 1.29 is 13.5 Å². The molecule has 34 heavy (non-hydrogen) atoms. The van der Waals surface area contributed by atoms with Gasteiger partial charge in [0.15, 0.2) is 0 Å². The molecule has 0 aliphatic rings. The molecule has 5 aromatic rings. The zero-order chi connectivity index (χ0) is 23.7. The van der Waals surface area contributed by atoms with Gasteiger partial charge in [0, 0.05) is 21.8 Å². The Morgan fingerprint density at radius 3 is 1.88 bits per heavy atom. The predicted octanol–water partition coefficient (Wildman–Crippen LogP) is 5.36. The van der Waals surface area contributed by atoms with Crippen molar-refractivity contribution in [2.75, 3.05) is 10.8 Å². The van der Waals surface area contributed by atoms with E-state index in [4.69, 9.17) is 0 Å². The Morgan fingerprint density at radius 1 is 0.765 bits per heavy atom. The van der Waals surface area contributed by atoms with Crippen molar-refractivity contribution in [1.82, 2.24) is 4.57 Å². The highest BCUT2D eigenvalue weighted by Crippen LogP contribution is 2.30. The molecule has 6 heteroatoms. The molecule has 0 aliphatic carbocycles. The minimum Gasteiger partial charge on any atom is -0.389 e. The molecule has 0 aliphatic heterocycles. The third-order valence-electron chi connectivity index (χ3n) is 6.10. The van der Waals surface area contributed by atoms with Crippen LogP contribution in [0.5, 0.6) is 0 Å². The fourth-order valence-corrected chi connectivity index (χ4v) is 5.96. The van der Waals surface area contributed by atoms with Crippen molar-refractivity contribution in [3.8, 4) is 0 Å². The fourth-order valence-electron chi connectivity index (χ4n) is 4.43. The van der Waals surface area contributed by atoms with Crippen molar-refractivity contribution in [3.05, 3.63) is 109 Å². The number of aliphatic hydroxyl groups excluding tert-OH is 1. The number of benzene rings is 4. The van der Waals surface area contributed by atoms with Crippen LogP contribution in [-0.4, -0.2) is 30.7 Å². The average molecular weight is 471 g/mol. The molecule has 0 unspecified atom stereocenters. The zero-order valence-corrected chi connectivity index (χ0v) is 19.7. The molecule has 0 bridgehead atoms. The summed E-state index contributed by atoms with van der Waals surface area (Å²) in [6.07, 6.45) is -0.931. The second kappa shape index (κ2) is 8.97. The SMILES string of the molecule is Cc1ccc(N(C[C@H](O)Cn2c3ccccc3c3ccccc32)S(=O)(=O)c2ccccc2)cc1. The van der Waals surface area contributed by atoms with E-state index in [-0.39, 0.29) is 18.0 Å². The molecule has 1 aromatic heterocycles. The first kappa shape index (κ1) is 22.2. The molecule has 0 radical (unpaired) electrons. The summed E-state index contributed by atoms with van der Waals surface area (Å²) in [5.74, 6) is 0. The van der Waals surface area contributed by atoms with Crippen LogP contribution in [0.15, 0.2) is 108 Å². The molecule has 5 nitrogen and oxygen atoms in total. The number of anilines is 1. The van der Waals surface area contributed by atoms with Crippen LogP contribution in [0, 0.1) is 6.92 Å². The molecule has 0 saturated heterocycles. The molecule has 1 heterocycles. The van der Waals surface area contributed by atoms with Gasteiger partial charge in [0.2, 0.25) is 0 Å². The zero-order valence-electron chi connectivity index (χ0n) is 18.9. The number of para-hydroxylation sites is 2. The van der Waals surface area contributed by atoms with E-state index in [1.807, 2.05) is 55.5 Å². The number of nitrogens with zero attached hydrogens (tertiary/aromatic N) is 2. The van der Waals surface area contributed by atoms with E-state index in [1.165, 1.54) is 4.31 Å². The number of hydrogen-bond acceptors (Lipinski definition) is 3. The molecule has 172 valence electrons. The van der Waals surface area contributed by atoms with Crippen LogP contribution in [-0.2, 0) is 16.6 Å². The van der Waals surface area contributed by atoms with Gasteiger partial charge in [0.05, 0.1) is 29.8 Å². The summed E-state index contributed by atoms with van der Waals surface area (Å²) in [6.45, 7) is 2.15. The van der Waals surface area contributed by atoms with Gasteiger partial charge in [-0.05, 0) is 43.3 Å². The lowest BCUT2D eigenvalue weighted by Gasteiger charge is -2.27. The lowest BCUT2D eigenvalue weighted by Crippen LogP contribution is -2.39. The van der Waals surface area contributed by atoms with Gasteiger partial charge in [-0.25, -0.2) is 8.42 Å². The number of aliphatic hydroxyl groups is 1. The van der Waals surface area contributed by atoms with Gasteiger partial charge in [-0.2, -0.15) is 0 Å². The number of sulfonamides is 1. The Morgan fingerprint density at radius 2 is 1.29 bits per heavy atom. The highest BCUT2D eigenvalue weighted by Gasteiger charge is 2.27. The van der Waals surface area contributed by atoms with Crippen LogP contribution in [0.1, 0.15) is 5.56 Å². The summed E-state index contributed by atoms with van der Waals surface area (Å²) >= 11 is 0. The Balaban J connectivity index is 1.53. The van der Waals surface area contributed by atoms with E-state index in [0.29, 0.717) is 5.69 Å². The van der Waals surface area contributed by atoms with E-state index >= 15 is 0 Å². The van der Waals surface area contributed by atoms with Crippen LogP contribution in [0.3, 0.4) is 0 Å². The standard InChI is InChI=1S/C28H26N2O3S/c1-21-15-17-22(18-16-21)30(34(32,33)24-9-3-2-4-10-24)20-23(31)19-29-27-13-7-5-11-25(27)26-12-6-8-14-28(26)29/h2-18,23,31H,19-20H2,1H3/t23-/m1/s1. The maximum Gasteiger partial charge on any atom is 0.264 e. The van der Waals surface area contributed by atoms with E-state index in [1.54, 1.807) is 42.5 Å². The number of aromatic nitrogens is 1. The lowest BCUT2D eigenvalue weighted by molar-refractivity contribution is 0.166. The molecule has 1 N–H and O–H groups in total. The Hall–Kier alpha value is -3.61. The van der Waals surface area contributed by atoms with Crippen LogP contribution < -0.4 is 4.31 Å². The monoisotopic (exact) mass is 470 g/mol. The number of rotatable bonds is 7. The van der Waals surface area contributed by atoms with Crippen molar-refractivity contribution in [3.63, 3.8) is 0 Å². The summed E-state index contributed by atoms with van der Waals surface area (Å²) in [7, 11) is -3.86. The summed E-state index contributed by atoms with van der Waals surface area (Å²) in [6, 6.07) is 31.8. The molecule has 0 spiro atoms. The van der Waals surface area contributed by atoms with Crippen molar-refractivity contribution >= 4 is 37.5 Å². The summed E-state index contributed by atoms with van der Waals surface area (Å²) in [5.41, 5.74) is 3.58. The van der Waals surface area contributed by atoms with E-state index in [9.17, 15) is 13.5 Å². The van der Waals surface area contributed by atoms with Gasteiger partial charge in [-0.1, -0.05) is 72.3 Å². The first-order valence-corrected chi connectivity index (χ1v) is 12.7. The molecule has 0 saturated carbocycles. The Labute approximate surface area is 199 Å². The van der Waals surface area contributed by atoms with Crippen LogP contribution in [0.25, 0.3) is 21.8 Å². The maximum atomic E-state index is 13.6. The maximum absolute atomic E-state index is 13.6. The smallest absolute Gasteiger partial charge is 0.264 e. The van der Waals surface area contributed by atoms with Gasteiger partial charge in [0.25, 0.3) is 10.0 Å².